The van der Waals surface area contributed by atoms with Crippen LogP contribution in [0.15, 0.2) is 42.5 Å². The number of amides is 1. The van der Waals surface area contributed by atoms with E-state index < -0.39 is 0 Å². The van der Waals surface area contributed by atoms with Crippen LogP contribution in [0.2, 0.25) is 5.02 Å². The average Bonchev–Trinajstić information content (AvgIpc) is 2.54. The first-order valence-electron chi connectivity index (χ1n) is 6.44. The summed E-state index contributed by atoms with van der Waals surface area (Å²) < 4.78 is 10.4. The number of rotatable bonds is 6. The lowest BCUT2D eigenvalue weighted by atomic mass is 10.2. The van der Waals surface area contributed by atoms with Gasteiger partial charge in [0.15, 0.2) is 12.9 Å². The summed E-state index contributed by atoms with van der Waals surface area (Å²) in [6, 6.07) is 11.5. The smallest absolute Gasteiger partial charge is 0.262 e. The molecule has 0 fully saturated rings. The van der Waals surface area contributed by atoms with Crippen molar-refractivity contribution in [2.45, 2.75) is 0 Å². The maximum atomic E-state index is 11.8. The van der Waals surface area contributed by atoms with E-state index in [1.54, 1.807) is 42.5 Å². The van der Waals surface area contributed by atoms with Crippen molar-refractivity contribution < 1.29 is 19.1 Å². The summed E-state index contributed by atoms with van der Waals surface area (Å²) in [7, 11) is 1.46. The number of halogens is 1. The normalized spacial score (nSPS) is 9.91. The third-order valence-corrected chi connectivity index (χ3v) is 3.08. The quantitative estimate of drug-likeness (QED) is 0.831. The van der Waals surface area contributed by atoms with Crippen LogP contribution in [0.25, 0.3) is 0 Å². The monoisotopic (exact) mass is 319 g/mol. The highest BCUT2D eigenvalue weighted by Gasteiger charge is 2.07. The molecule has 0 unspecified atom stereocenters. The standard InChI is InChI=1S/C16H14ClNO4/c1-21-15-8-14(7-2-11(15)9-19)22-10-16(20)18-13-5-3-12(17)4-6-13/h2-9H,10H2,1H3,(H,18,20). The minimum absolute atomic E-state index is 0.160. The first kappa shape index (κ1) is 15.9. The van der Waals surface area contributed by atoms with Crippen LogP contribution in [0.3, 0.4) is 0 Å². The molecule has 5 nitrogen and oxygen atoms in total. The van der Waals surface area contributed by atoms with Crippen LogP contribution in [0.4, 0.5) is 5.69 Å². The summed E-state index contributed by atoms with van der Waals surface area (Å²) in [5, 5.41) is 3.27. The molecule has 2 aromatic rings. The van der Waals surface area contributed by atoms with Gasteiger partial charge in [-0.1, -0.05) is 11.6 Å². The number of nitrogens with one attached hydrogen (secondary N) is 1. The van der Waals surface area contributed by atoms with Gasteiger partial charge < -0.3 is 14.8 Å². The van der Waals surface area contributed by atoms with E-state index in [4.69, 9.17) is 21.1 Å². The molecule has 0 atom stereocenters. The number of aldehydes is 1. The lowest BCUT2D eigenvalue weighted by Gasteiger charge is -2.09. The fourth-order valence-electron chi connectivity index (χ4n) is 1.76. The van der Waals surface area contributed by atoms with E-state index in [2.05, 4.69) is 5.32 Å². The molecule has 0 aliphatic heterocycles. The fraction of sp³-hybridized carbons (Fsp3) is 0.125. The molecule has 0 radical (unpaired) electrons. The maximum absolute atomic E-state index is 11.8. The van der Waals surface area contributed by atoms with Crippen LogP contribution in [0.1, 0.15) is 10.4 Å². The number of ether oxygens (including phenoxy) is 2. The Bertz CT molecular complexity index is 670. The topological polar surface area (TPSA) is 64.6 Å². The van der Waals surface area contributed by atoms with Gasteiger partial charge in [-0.05, 0) is 36.4 Å². The van der Waals surface area contributed by atoms with Crippen LogP contribution in [-0.4, -0.2) is 25.9 Å². The van der Waals surface area contributed by atoms with Crippen molar-refractivity contribution in [1.82, 2.24) is 0 Å². The summed E-state index contributed by atoms with van der Waals surface area (Å²) in [6.07, 6.45) is 0.690. The maximum Gasteiger partial charge on any atom is 0.262 e. The minimum Gasteiger partial charge on any atom is -0.496 e. The van der Waals surface area contributed by atoms with Crippen molar-refractivity contribution in [3.05, 3.63) is 53.1 Å². The number of anilines is 1. The molecule has 1 N–H and O–H groups in total. The zero-order valence-corrected chi connectivity index (χ0v) is 12.6. The van der Waals surface area contributed by atoms with Gasteiger partial charge >= 0.3 is 0 Å². The Balaban J connectivity index is 1.93. The van der Waals surface area contributed by atoms with Crippen LogP contribution >= 0.6 is 11.6 Å². The summed E-state index contributed by atoms with van der Waals surface area (Å²) in [4.78, 5) is 22.6. The fourth-order valence-corrected chi connectivity index (χ4v) is 1.88. The molecule has 0 spiro atoms. The number of carbonyl (C=O) groups excluding carboxylic acids is 2. The second kappa shape index (κ2) is 7.47. The molecule has 0 bridgehead atoms. The van der Waals surface area contributed by atoms with Gasteiger partial charge in [-0.15, -0.1) is 0 Å². The largest absolute Gasteiger partial charge is 0.496 e. The number of benzene rings is 2. The van der Waals surface area contributed by atoms with E-state index in [-0.39, 0.29) is 12.5 Å². The minimum atomic E-state index is -0.305. The molecule has 0 saturated heterocycles. The van der Waals surface area contributed by atoms with Crippen LogP contribution in [0, 0.1) is 0 Å². The first-order chi connectivity index (χ1) is 10.6. The first-order valence-corrected chi connectivity index (χ1v) is 6.81. The summed E-state index contributed by atoms with van der Waals surface area (Å²) in [5.74, 6) is 0.528. The van der Waals surface area contributed by atoms with Crippen LogP contribution in [-0.2, 0) is 4.79 Å². The van der Waals surface area contributed by atoms with E-state index in [1.165, 1.54) is 7.11 Å². The van der Waals surface area contributed by atoms with E-state index >= 15 is 0 Å². The van der Waals surface area contributed by atoms with Gasteiger partial charge in [-0.25, -0.2) is 0 Å². The SMILES string of the molecule is COc1cc(OCC(=O)Nc2ccc(Cl)cc2)ccc1C=O. The second-order valence-corrected chi connectivity index (χ2v) is 4.80. The van der Waals surface area contributed by atoms with E-state index in [1.807, 2.05) is 0 Å². The molecular formula is C16H14ClNO4. The zero-order chi connectivity index (χ0) is 15.9. The molecular weight excluding hydrogens is 306 g/mol. The molecule has 0 aromatic heterocycles. The van der Waals surface area contributed by atoms with Gasteiger partial charge in [-0.2, -0.15) is 0 Å². The third-order valence-electron chi connectivity index (χ3n) is 2.83. The van der Waals surface area contributed by atoms with E-state index in [9.17, 15) is 9.59 Å². The van der Waals surface area contributed by atoms with Gasteiger partial charge in [0.2, 0.25) is 0 Å². The Hall–Kier alpha value is -2.53. The van der Waals surface area contributed by atoms with Crippen molar-refractivity contribution in [2.75, 3.05) is 19.0 Å². The summed E-state index contributed by atoms with van der Waals surface area (Å²) in [5.41, 5.74) is 1.05. The van der Waals surface area contributed by atoms with Crippen molar-refractivity contribution in [2.24, 2.45) is 0 Å². The number of methoxy groups -OCH3 is 1. The Morgan fingerprint density at radius 3 is 2.59 bits per heavy atom. The third kappa shape index (κ3) is 4.23. The number of carbonyl (C=O) groups is 2. The van der Waals surface area contributed by atoms with E-state index in [0.717, 1.165) is 0 Å². The predicted molar refractivity (Wildman–Crippen MR) is 84.0 cm³/mol. The number of hydrogen-bond acceptors (Lipinski definition) is 4. The molecule has 1 amide bonds. The summed E-state index contributed by atoms with van der Waals surface area (Å²) >= 11 is 5.77. The molecule has 0 aliphatic carbocycles. The van der Waals surface area contributed by atoms with Crippen molar-refractivity contribution >= 4 is 29.5 Å². The Morgan fingerprint density at radius 2 is 1.95 bits per heavy atom. The molecule has 2 rings (SSSR count). The van der Waals surface area contributed by atoms with Crippen LogP contribution < -0.4 is 14.8 Å². The molecule has 0 aliphatic rings. The lowest BCUT2D eigenvalue weighted by Crippen LogP contribution is -2.20. The van der Waals surface area contributed by atoms with E-state index in [0.29, 0.717) is 34.1 Å². The van der Waals surface area contributed by atoms with Gasteiger partial charge in [0, 0.05) is 16.8 Å². The van der Waals surface area contributed by atoms with Gasteiger partial charge in [0.1, 0.15) is 11.5 Å². The highest BCUT2D eigenvalue weighted by atomic mass is 35.5. The zero-order valence-electron chi connectivity index (χ0n) is 11.8. The molecule has 2 aromatic carbocycles. The van der Waals surface area contributed by atoms with Crippen molar-refractivity contribution in [1.29, 1.82) is 0 Å². The molecule has 6 heteroatoms. The van der Waals surface area contributed by atoms with Crippen molar-refractivity contribution in [3.63, 3.8) is 0 Å². The Kier molecular flexibility index (Phi) is 5.38. The highest BCUT2D eigenvalue weighted by Crippen LogP contribution is 2.23. The lowest BCUT2D eigenvalue weighted by molar-refractivity contribution is -0.118. The second-order valence-electron chi connectivity index (χ2n) is 4.37. The highest BCUT2D eigenvalue weighted by molar-refractivity contribution is 6.30. The van der Waals surface area contributed by atoms with Gasteiger partial charge in [-0.3, -0.25) is 9.59 Å². The van der Waals surface area contributed by atoms with Crippen molar-refractivity contribution in [3.8, 4) is 11.5 Å². The molecule has 114 valence electrons. The Morgan fingerprint density at radius 1 is 1.23 bits per heavy atom. The van der Waals surface area contributed by atoms with Gasteiger partial charge in [0.05, 0.1) is 12.7 Å². The summed E-state index contributed by atoms with van der Waals surface area (Å²) in [6.45, 7) is -0.160. The molecule has 22 heavy (non-hydrogen) atoms. The average molecular weight is 320 g/mol. The van der Waals surface area contributed by atoms with Gasteiger partial charge in [0.25, 0.3) is 5.91 Å². The molecule has 0 saturated carbocycles. The number of hydrogen-bond donors (Lipinski definition) is 1. The Labute approximate surface area is 132 Å². The molecule has 0 heterocycles. The predicted octanol–water partition coefficient (Wildman–Crippen LogP) is 3.18. The van der Waals surface area contributed by atoms with Crippen LogP contribution in [0.5, 0.6) is 11.5 Å².